The molecule has 1 heterocycles. The average Bonchev–Trinajstić information content (AvgIpc) is 2.14. The van der Waals surface area contributed by atoms with Crippen molar-refractivity contribution in [1.29, 1.82) is 0 Å². The first-order valence-electron chi connectivity index (χ1n) is 1.80. The zero-order valence-corrected chi connectivity index (χ0v) is 5.42. The van der Waals surface area contributed by atoms with Gasteiger partial charge in [0, 0.05) is 11.5 Å². The topological polar surface area (TPSA) is 51.8 Å². The second kappa shape index (κ2) is 2.15. The van der Waals surface area contributed by atoms with Crippen LogP contribution in [0.1, 0.15) is 5.82 Å². The molecule has 0 atom stereocenters. The molecule has 2 N–H and O–H groups in total. The zero-order chi connectivity index (χ0) is 5.98. The lowest BCUT2D eigenvalue weighted by Crippen LogP contribution is -1.83. The van der Waals surface area contributed by atoms with Gasteiger partial charge in [0.15, 0.2) is 11.0 Å². The minimum atomic E-state index is 0.405. The maximum absolute atomic E-state index is 5.21. The monoisotopic (exact) mass is 144 g/mol. The minimum Gasteiger partial charge on any atom is -0.374 e. The Labute approximate surface area is 55.7 Å². The van der Waals surface area contributed by atoms with E-state index in [2.05, 4.69) is 26.9 Å². The Morgan fingerprint density at radius 1 is 1.75 bits per heavy atom. The van der Waals surface area contributed by atoms with Crippen LogP contribution in [0.2, 0.25) is 0 Å². The van der Waals surface area contributed by atoms with Crippen LogP contribution in [-0.2, 0) is 0 Å². The van der Waals surface area contributed by atoms with Gasteiger partial charge in [0.1, 0.15) is 5.37 Å². The van der Waals surface area contributed by atoms with E-state index in [1.807, 2.05) is 0 Å². The number of nitrogens with zero attached hydrogens (tertiary/aromatic N) is 2. The summed E-state index contributed by atoms with van der Waals surface area (Å²) in [7, 11) is 0. The molecule has 0 unspecified atom stereocenters. The molecule has 1 aromatic rings. The molecule has 0 aliphatic heterocycles. The lowest BCUT2D eigenvalue weighted by Gasteiger charge is -1.69. The van der Waals surface area contributed by atoms with E-state index in [0.29, 0.717) is 11.0 Å². The summed E-state index contributed by atoms with van der Waals surface area (Å²) in [6, 6.07) is 0. The molecular formula is C3H2N3S2. The Morgan fingerprint density at radius 2 is 2.50 bits per heavy atom. The molecule has 0 saturated carbocycles. The first kappa shape index (κ1) is 5.58. The Balaban J connectivity index is 3.00. The molecule has 41 valence electrons. The van der Waals surface area contributed by atoms with E-state index in [1.54, 1.807) is 0 Å². The van der Waals surface area contributed by atoms with Crippen LogP contribution in [0, 0.1) is 0 Å². The number of rotatable bonds is 1. The van der Waals surface area contributed by atoms with Crippen molar-refractivity contribution >= 4 is 34.2 Å². The third-order valence-corrected chi connectivity index (χ3v) is 1.26. The van der Waals surface area contributed by atoms with Crippen molar-refractivity contribution in [1.82, 2.24) is 9.36 Å². The maximum Gasteiger partial charge on any atom is 0.200 e. The molecule has 1 rings (SSSR count). The quantitative estimate of drug-likeness (QED) is 0.578. The SMILES string of the molecule is Nc1nc([C]=S)ns1. The Morgan fingerprint density at radius 3 is 2.75 bits per heavy atom. The number of anilines is 1. The van der Waals surface area contributed by atoms with Crippen LogP contribution >= 0.6 is 23.8 Å². The third kappa shape index (κ3) is 0.988. The predicted molar refractivity (Wildman–Crippen MR) is 36.0 cm³/mol. The number of thiocarbonyl (C=S) groups is 1. The molecule has 5 heteroatoms. The molecule has 0 aliphatic rings. The van der Waals surface area contributed by atoms with Crippen LogP contribution in [-0.4, -0.2) is 14.7 Å². The molecule has 0 aromatic carbocycles. The Hall–Kier alpha value is -0.550. The first-order chi connectivity index (χ1) is 3.83. The summed E-state index contributed by atoms with van der Waals surface area (Å²) >= 11 is 5.52. The number of aromatic nitrogens is 2. The van der Waals surface area contributed by atoms with Crippen LogP contribution in [0.15, 0.2) is 0 Å². The van der Waals surface area contributed by atoms with Gasteiger partial charge in [-0.15, -0.1) is 0 Å². The van der Waals surface area contributed by atoms with E-state index < -0.39 is 0 Å². The number of hydrogen-bond acceptors (Lipinski definition) is 5. The molecule has 0 aliphatic carbocycles. The van der Waals surface area contributed by atoms with E-state index in [9.17, 15) is 0 Å². The van der Waals surface area contributed by atoms with Gasteiger partial charge in [0.25, 0.3) is 0 Å². The Bertz CT molecular complexity index is 194. The highest BCUT2D eigenvalue weighted by Crippen LogP contribution is 2.02. The van der Waals surface area contributed by atoms with Crippen LogP contribution in [0.4, 0.5) is 5.13 Å². The van der Waals surface area contributed by atoms with E-state index in [0.717, 1.165) is 11.5 Å². The van der Waals surface area contributed by atoms with Gasteiger partial charge in [-0.05, 0) is 0 Å². The van der Waals surface area contributed by atoms with E-state index in [1.165, 1.54) is 0 Å². The summed E-state index contributed by atoms with van der Waals surface area (Å²) < 4.78 is 3.72. The molecular weight excluding hydrogens is 142 g/mol. The summed E-state index contributed by atoms with van der Waals surface area (Å²) in [6.07, 6.45) is 0. The fraction of sp³-hybridized carbons (Fsp3) is 0. The molecule has 8 heavy (non-hydrogen) atoms. The van der Waals surface area contributed by atoms with Gasteiger partial charge >= 0.3 is 0 Å². The van der Waals surface area contributed by atoms with Gasteiger partial charge in [-0.25, -0.2) is 0 Å². The fourth-order valence-electron chi connectivity index (χ4n) is 0.277. The molecule has 0 bridgehead atoms. The Kier molecular flexibility index (Phi) is 1.50. The van der Waals surface area contributed by atoms with Crippen molar-refractivity contribution in [3.05, 3.63) is 5.82 Å². The summed E-state index contributed by atoms with van der Waals surface area (Å²) in [5.74, 6) is 0.405. The fourth-order valence-corrected chi connectivity index (χ4v) is 0.819. The molecule has 0 amide bonds. The highest BCUT2D eigenvalue weighted by molar-refractivity contribution is 7.79. The van der Waals surface area contributed by atoms with Gasteiger partial charge < -0.3 is 5.73 Å². The van der Waals surface area contributed by atoms with Crippen LogP contribution in [0.3, 0.4) is 0 Å². The largest absolute Gasteiger partial charge is 0.374 e. The summed E-state index contributed by atoms with van der Waals surface area (Å²) in [5, 5.41) is 2.77. The maximum atomic E-state index is 5.21. The second-order valence-corrected chi connectivity index (χ2v) is 2.05. The number of nitrogens with two attached hydrogens (primary N) is 1. The number of hydrogen-bond donors (Lipinski definition) is 1. The molecule has 0 fully saturated rings. The molecule has 0 saturated heterocycles. The van der Waals surface area contributed by atoms with E-state index in [-0.39, 0.29) is 0 Å². The standard InChI is InChI=1S/C3H2N3S2/c4-3-5-2(1-7)6-8-3/h(H2,4,5,6). The molecule has 3 nitrogen and oxygen atoms in total. The lowest BCUT2D eigenvalue weighted by atomic mass is 10.7. The highest BCUT2D eigenvalue weighted by Gasteiger charge is 1.93. The van der Waals surface area contributed by atoms with E-state index >= 15 is 0 Å². The summed E-state index contributed by atoms with van der Waals surface area (Å²) in [6.45, 7) is 0. The summed E-state index contributed by atoms with van der Waals surface area (Å²) in [4.78, 5) is 3.70. The van der Waals surface area contributed by atoms with E-state index in [4.69, 9.17) is 5.73 Å². The molecule has 1 aromatic heterocycles. The average molecular weight is 144 g/mol. The van der Waals surface area contributed by atoms with Crippen molar-refractivity contribution < 1.29 is 0 Å². The second-order valence-electron chi connectivity index (χ2n) is 1.06. The van der Waals surface area contributed by atoms with Crippen molar-refractivity contribution in [2.75, 3.05) is 5.73 Å². The van der Waals surface area contributed by atoms with Gasteiger partial charge in [0.2, 0.25) is 0 Å². The van der Waals surface area contributed by atoms with Crippen molar-refractivity contribution in [3.8, 4) is 0 Å². The molecule has 0 spiro atoms. The van der Waals surface area contributed by atoms with Gasteiger partial charge in [0.05, 0.1) is 0 Å². The predicted octanol–water partition coefficient (Wildman–Crippen LogP) is 0.345. The first-order valence-corrected chi connectivity index (χ1v) is 2.98. The normalized spacial score (nSPS) is 9.00. The summed E-state index contributed by atoms with van der Waals surface area (Å²) in [5.41, 5.74) is 5.21. The van der Waals surface area contributed by atoms with Crippen LogP contribution < -0.4 is 5.73 Å². The van der Waals surface area contributed by atoms with Crippen LogP contribution in [0.25, 0.3) is 0 Å². The number of nitrogen functional groups attached to an aromatic ring is 1. The lowest BCUT2D eigenvalue weighted by molar-refractivity contribution is 1.31. The van der Waals surface area contributed by atoms with Crippen molar-refractivity contribution in [2.45, 2.75) is 0 Å². The van der Waals surface area contributed by atoms with Gasteiger partial charge in [-0.2, -0.15) is 9.36 Å². The van der Waals surface area contributed by atoms with Crippen LogP contribution in [0.5, 0.6) is 0 Å². The third-order valence-electron chi connectivity index (χ3n) is 0.533. The molecule has 1 radical (unpaired) electrons. The smallest absolute Gasteiger partial charge is 0.200 e. The van der Waals surface area contributed by atoms with Crippen molar-refractivity contribution in [3.63, 3.8) is 0 Å². The van der Waals surface area contributed by atoms with Gasteiger partial charge in [-0.1, -0.05) is 12.2 Å². The minimum absolute atomic E-state index is 0.405. The highest BCUT2D eigenvalue weighted by atomic mass is 32.1. The van der Waals surface area contributed by atoms with Gasteiger partial charge in [-0.3, -0.25) is 0 Å². The zero-order valence-electron chi connectivity index (χ0n) is 3.79. The van der Waals surface area contributed by atoms with Crippen molar-refractivity contribution in [2.24, 2.45) is 0 Å².